The van der Waals surface area contributed by atoms with Gasteiger partial charge in [-0.1, -0.05) is 13.0 Å². The Kier molecular flexibility index (Phi) is 8.98. The van der Waals surface area contributed by atoms with E-state index in [-0.39, 0.29) is 11.9 Å². The second kappa shape index (κ2) is 10.5. The van der Waals surface area contributed by atoms with Gasteiger partial charge >= 0.3 is 0 Å². The van der Waals surface area contributed by atoms with Crippen molar-refractivity contribution in [2.75, 3.05) is 40.1 Å². The summed E-state index contributed by atoms with van der Waals surface area (Å²) in [5.41, 5.74) is 0.659. The number of ether oxygens (including phenoxy) is 3. The summed E-state index contributed by atoms with van der Waals surface area (Å²) in [7, 11) is 1.64. The van der Waals surface area contributed by atoms with E-state index < -0.39 is 0 Å². The molecule has 21 heavy (non-hydrogen) atoms. The summed E-state index contributed by atoms with van der Waals surface area (Å²) in [6.07, 6.45) is 0.765. The maximum absolute atomic E-state index is 14.0. The molecule has 0 spiro atoms. The molecule has 5 heteroatoms. The van der Waals surface area contributed by atoms with Crippen molar-refractivity contribution in [1.29, 1.82) is 0 Å². The van der Waals surface area contributed by atoms with Gasteiger partial charge in [0.1, 0.15) is 11.6 Å². The first-order valence-electron chi connectivity index (χ1n) is 7.41. The molecule has 0 aromatic heterocycles. The minimum Gasteiger partial charge on any atom is -0.493 e. The molecule has 120 valence electrons. The molecular formula is C16H26FNO3. The van der Waals surface area contributed by atoms with Crippen LogP contribution in [0.4, 0.5) is 4.39 Å². The van der Waals surface area contributed by atoms with Crippen molar-refractivity contribution in [3.05, 3.63) is 29.6 Å². The van der Waals surface area contributed by atoms with E-state index in [9.17, 15) is 4.39 Å². The first-order chi connectivity index (χ1) is 10.2. The van der Waals surface area contributed by atoms with Gasteiger partial charge in [-0.05, 0) is 19.5 Å². The summed E-state index contributed by atoms with van der Waals surface area (Å²) >= 11 is 0. The molecule has 0 amide bonds. The van der Waals surface area contributed by atoms with Crippen LogP contribution in [0.3, 0.4) is 0 Å². The molecule has 1 atom stereocenters. The van der Waals surface area contributed by atoms with E-state index in [1.165, 1.54) is 6.07 Å². The highest BCUT2D eigenvalue weighted by Gasteiger charge is 2.10. The highest BCUT2D eigenvalue weighted by Crippen LogP contribution is 2.21. The summed E-state index contributed by atoms with van der Waals surface area (Å²) in [5.74, 6) is 0.314. The molecule has 1 unspecified atom stereocenters. The van der Waals surface area contributed by atoms with Crippen molar-refractivity contribution in [3.8, 4) is 5.75 Å². The van der Waals surface area contributed by atoms with Crippen molar-refractivity contribution >= 4 is 0 Å². The van der Waals surface area contributed by atoms with Gasteiger partial charge in [0.25, 0.3) is 0 Å². The number of benzene rings is 1. The van der Waals surface area contributed by atoms with Crippen LogP contribution in [0.25, 0.3) is 0 Å². The van der Waals surface area contributed by atoms with Crippen molar-refractivity contribution in [2.24, 2.45) is 0 Å². The van der Waals surface area contributed by atoms with Crippen LogP contribution < -0.4 is 10.1 Å². The molecule has 4 nitrogen and oxygen atoms in total. The van der Waals surface area contributed by atoms with Gasteiger partial charge in [-0.2, -0.15) is 0 Å². The molecule has 0 aliphatic rings. The average molecular weight is 299 g/mol. The molecule has 0 radical (unpaired) electrons. The van der Waals surface area contributed by atoms with Gasteiger partial charge in [0.05, 0.1) is 19.8 Å². The number of methoxy groups -OCH3 is 1. The number of hydrogen-bond acceptors (Lipinski definition) is 4. The predicted octanol–water partition coefficient (Wildman–Crippen LogP) is 2.93. The third-order valence-electron chi connectivity index (χ3n) is 3.08. The molecule has 0 aliphatic heterocycles. The van der Waals surface area contributed by atoms with Gasteiger partial charge in [0.15, 0.2) is 0 Å². The third-order valence-corrected chi connectivity index (χ3v) is 3.08. The summed E-state index contributed by atoms with van der Waals surface area (Å²) in [4.78, 5) is 0. The third kappa shape index (κ3) is 6.89. The summed E-state index contributed by atoms with van der Waals surface area (Å²) in [5, 5.41) is 3.19. The molecule has 1 rings (SSSR count). The Hall–Kier alpha value is -1.17. The Morgan fingerprint density at radius 3 is 2.67 bits per heavy atom. The summed E-state index contributed by atoms with van der Waals surface area (Å²) in [6, 6.07) is 5.01. The lowest BCUT2D eigenvalue weighted by Crippen LogP contribution is -2.18. The number of nitrogens with one attached hydrogen (secondary N) is 1. The topological polar surface area (TPSA) is 39.7 Å². The van der Waals surface area contributed by atoms with Crippen molar-refractivity contribution in [3.63, 3.8) is 0 Å². The smallest absolute Gasteiger partial charge is 0.131 e. The van der Waals surface area contributed by atoms with Crippen LogP contribution >= 0.6 is 0 Å². The predicted molar refractivity (Wildman–Crippen MR) is 81.3 cm³/mol. The highest BCUT2D eigenvalue weighted by molar-refractivity contribution is 5.30. The Bertz CT molecular complexity index is 401. The Labute approximate surface area is 126 Å². The Balaban J connectivity index is 2.31. The fourth-order valence-corrected chi connectivity index (χ4v) is 1.96. The second-order valence-electron chi connectivity index (χ2n) is 4.77. The Morgan fingerprint density at radius 1 is 1.19 bits per heavy atom. The SMILES string of the molecule is CCNC(C)c1ccc(OCCCOCCOC)cc1F. The molecule has 0 heterocycles. The lowest BCUT2D eigenvalue weighted by atomic mass is 10.1. The van der Waals surface area contributed by atoms with Crippen LogP contribution in [0, 0.1) is 5.82 Å². The zero-order chi connectivity index (χ0) is 15.5. The maximum Gasteiger partial charge on any atom is 0.131 e. The second-order valence-corrected chi connectivity index (χ2v) is 4.77. The van der Waals surface area contributed by atoms with Crippen molar-refractivity contribution in [1.82, 2.24) is 5.32 Å². The largest absolute Gasteiger partial charge is 0.493 e. The summed E-state index contributed by atoms with van der Waals surface area (Å²) in [6.45, 7) is 7.05. The maximum atomic E-state index is 14.0. The molecule has 1 aromatic rings. The van der Waals surface area contributed by atoms with E-state index in [2.05, 4.69) is 5.32 Å². The van der Waals surface area contributed by atoms with Crippen LogP contribution in [0.5, 0.6) is 5.75 Å². The molecular weight excluding hydrogens is 273 g/mol. The molecule has 1 N–H and O–H groups in total. The lowest BCUT2D eigenvalue weighted by molar-refractivity contribution is 0.0644. The molecule has 1 aromatic carbocycles. The normalized spacial score (nSPS) is 12.4. The fourth-order valence-electron chi connectivity index (χ4n) is 1.96. The quantitative estimate of drug-likeness (QED) is 0.638. The van der Waals surface area contributed by atoms with Crippen LogP contribution in [-0.4, -0.2) is 40.1 Å². The van der Waals surface area contributed by atoms with E-state index in [0.29, 0.717) is 37.7 Å². The minimum atomic E-state index is -0.239. The average Bonchev–Trinajstić information content (AvgIpc) is 2.46. The number of hydrogen-bond donors (Lipinski definition) is 1. The van der Waals surface area contributed by atoms with Crippen LogP contribution in [0.2, 0.25) is 0 Å². The monoisotopic (exact) mass is 299 g/mol. The highest BCUT2D eigenvalue weighted by atomic mass is 19.1. The van der Waals surface area contributed by atoms with E-state index >= 15 is 0 Å². The van der Waals surface area contributed by atoms with Gasteiger partial charge in [0, 0.05) is 37.8 Å². The first kappa shape index (κ1) is 17.9. The van der Waals surface area contributed by atoms with Crippen LogP contribution in [-0.2, 0) is 9.47 Å². The van der Waals surface area contributed by atoms with Gasteiger partial charge in [0.2, 0.25) is 0 Å². The summed E-state index contributed by atoms with van der Waals surface area (Å²) < 4.78 is 29.7. The minimum absolute atomic E-state index is 0.00163. The lowest BCUT2D eigenvalue weighted by Gasteiger charge is -2.14. The van der Waals surface area contributed by atoms with Gasteiger partial charge < -0.3 is 19.5 Å². The van der Waals surface area contributed by atoms with Gasteiger partial charge in [-0.3, -0.25) is 0 Å². The zero-order valence-electron chi connectivity index (χ0n) is 13.2. The van der Waals surface area contributed by atoms with Crippen LogP contribution in [0.15, 0.2) is 18.2 Å². The van der Waals surface area contributed by atoms with E-state index in [4.69, 9.17) is 14.2 Å². The number of rotatable bonds is 11. The standard InChI is InChI=1S/C16H26FNO3/c1-4-18-13(2)15-7-6-14(12-16(15)17)21-9-5-8-20-11-10-19-3/h6-7,12-13,18H,4-5,8-11H2,1-3H3. The van der Waals surface area contributed by atoms with Crippen LogP contribution in [0.1, 0.15) is 31.9 Å². The Morgan fingerprint density at radius 2 is 2.00 bits per heavy atom. The zero-order valence-corrected chi connectivity index (χ0v) is 13.2. The molecule has 0 bridgehead atoms. The molecule has 0 saturated heterocycles. The molecule has 0 saturated carbocycles. The van der Waals surface area contributed by atoms with Crippen molar-refractivity contribution < 1.29 is 18.6 Å². The fraction of sp³-hybridized carbons (Fsp3) is 0.625. The van der Waals surface area contributed by atoms with Crippen molar-refractivity contribution in [2.45, 2.75) is 26.3 Å². The van der Waals surface area contributed by atoms with E-state index in [1.54, 1.807) is 19.2 Å². The number of halogens is 1. The van der Waals surface area contributed by atoms with E-state index in [1.807, 2.05) is 13.8 Å². The van der Waals surface area contributed by atoms with Gasteiger partial charge in [-0.15, -0.1) is 0 Å². The van der Waals surface area contributed by atoms with Gasteiger partial charge in [-0.25, -0.2) is 4.39 Å². The molecule has 0 aliphatic carbocycles. The van der Waals surface area contributed by atoms with E-state index in [0.717, 1.165) is 13.0 Å². The first-order valence-corrected chi connectivity index (χ1v) is 7.41. The molecule has 0 fully saturated rings.